The van der Waals surface area contributed by atoms with Crippen LogP contribution in [0.15, 0.2) is 30.5 Å². The van der Waals surface area contributed by atoms with Gasteiger partial charge in [0.1, 0.15) is 5.01 Å². The molecule has 132 valence electrons. The average Bonchev–Trinajstić information content (AvgIpc) is 3.25. The zero-order chi connectivity index (χ0) is 17.6. The molecule has 0 spiro atoms. The van der Waals surface area contributed by atoms with Crippen molar-refractivity contribution in [2.75, 3.05) is 25.1 Å². The highest BCUT2D eigenvalue weighted by Crippen LogP contribution is 2.31. The van der Waals surface area contributed by atoms with E-state index in [-0.39, 0.29) is 5.25 Å². The lowest BCUT2D eigenvalue weighted by atomic mass is 10.2. The maximum Gasteiger partial charge on any atom is 0.151 e. The Labute approximate surface area is 150 Å². The van der Waals surface area contributed by atoms with Crippen molar-refractivity contribution in [3.8, 4) is 10.7 Å². The topological polar surface area (TPSA) is 92.1 Å². The van der Waals surface area contributed by atoms with E-state index in [1.165, 1.54) is 6.26 Å². The van der Waals surface area contributed by atoms with Crippen LogP contribution in [0.25, 0.3) is 21.6 Å². The first-order chi connectivity index (χ1) is 11.9. The fraction of sp³-hybridized carbons (Fsp3) is 0.353. The van der Waals surface area contributed by atoms with Crippen molar-refractivity contribution in [3.05, 3.63) is 35.3 Å². The minimum Gasteiger partial charge on any atom is -0.397 e. The number of aromatic nitrogens is 2. The SMILES string of the molecule is CS(=O)(=O)C1CCN(Cc2cnc(-c3cc4cccc(N)c4[nH]3)s2)C1. The number of nitrogens with two attached hydrogens (primary N) is 1. The van der Waals surface area contributed by atoms with Crippen LogP contribution in [0.2, 0.25) is 0 Å². The van der Waals surface area contributed by atoms with E-state index >= 15 is 0 Å². The summed E-state index contributed by atoms with van der Waals surface area (Å²) in [6.07, 6.45) is 3.92. The standard InChI is InChI=1S/C17H20N4O2S2/c1-25(22,23)13-5-6-21(10-13)9-12-8-19-17(24-12)15-7-11-3-2-4-14(18)16(11)20-15/h2-4,7-8,13,20H,5-6,9-10,18H2,1H3. The summed E-state index contributed by atoms with van der Waals surface area (Å²) in [5, 5.41) is 1.75. The van der Waals surface area contributed by atoms with Gasteiger partial charge in [0.05, 0.1) is 22.1 Å². The summed E-state index contributed by atoms with van der Waals surface area (Å²) in [6, 6.07) is 7.90. The molecule has 1 aromatic carbocycles. The lowest BCUT2D eigenvalue weighted by Gasteiger charge is -2.13. The van der Waals surface area contributed by atoms with Gasteiger partial charge in [0.2, 0.25) is 0 Å². The van der Waals surface area contributed by atoms with Gasteiger partial charge in [-0.15, -0.1) is 11.3 Å². The van der Waals surface area contributed by atoms with Crippen molar-refractivity contribution in [2.45, 2.75) is 18.2 Å². The molecule has 8 heteroatoms. The molecule has 3 N–H and O–H groups in total. The second-order valence-electron chi connectivity index (χ2n) is 6.60. The van der Waals surface area contributed by atoms with Crippen molar-refractivity contribution < 1.29 is 8.42 Å². The molecule has 3 aromatic rings. The van der Waals surface area contributed by atoms with Crippen molar-refractivity contribution in [1.82, 2.24) is 14.9 Å². The fourth-order valence-electron chi connectivity index (χ4n) is 3.31. The number of hydrogen-bond acceptors (Lipinski definition) is 6. The third-order valence-electron chi connectivity index (χ3n) is 4.69. The molecule has 1 unspecified atom stereocenters. The zero-order valence-corrected chi connectivity index (χ0v) is 15.5. The number of benzene rings is 1. The molecule has 25 heavy (non-hydrogen) atoms. The number of aromatic amines is 1. The summed E-state index contributed by atoms with van der Waals surface area (Å²) in [4.78, 5) is 11.2. The quantitative estimate of drug-likeness (QED) is 0.683. The van der Waals surface area contributed by atoms with E-state index in [2.05, 4.69) is 20.9 Å². The Morgan fingerprint density at radius 2 is 2.28 bits per heavy atom. The van der Waals surface area contributed by atoms with E-state index < -0.39 is 9.84 Å². The maximum atomic E-state index is 11.7. The summed E-state index contributed by atoms with van der Waals surface area (Å²) < 4.78 is 23.4. The van der Waals surface area contributed by atoms with Gasteiger partial charge in [-0.05, 0) is 25.1 Å². The molecule has 1 saturated heterocycles. The third kappa shape index (κ3) is 3.29. The molecule has 2 aromatic heterocycles. The van der Waals surface area contributed by atoms with Crippen molar-refractivity contribution in [1.29, 1.82) is 0 Å². The third-order valence-corrected chi connectivity index (χ3v) is 7.30. The number of rotatable bonds is 4. The van der Waals surface area contributed by atoms with Crippen LogP contribution < -0.4 is 5.73 Å². The van der Waals surface area contributed by atoms with Crippen LogP contribution >= 0.6 is 11.3 Å². The largest absolute Gasteiger partial charge is 0.397 e. The number of nitrogen functional groups attached to an aromatic ring is 1. The van der Waals surface area contributed by atoms with Crippen molar-refractivity contribution in [3.63, 3.8) is 0 Å². The molecule has 0 saturated carbocycles. The number of H-pyrrole nitrogens is 1. The van der Waals surface area contributed by atoms with Gasteiger partial charge in [-0.25, -0.2) is 13.4 Å². The van der Waals surface area contributed by atoms with Crippen LogP contribution in [0.3, 0.4) is 0 Å². The summed E-state index contributed by atoms with van der Waals surface area (Å²) in [5.41, 5.74) is 8.63. The monoisotopic (exact) mass is 376 g/mol. The van der Waals surface area contributed by atoms with Crippen LogP contribution in [0.1, 0.15) is 11.3 Å². The minimum absolute atomic E-state index is 0.239. The maximum absolute atomic E-state index is 11.7. The molecule has 4 rings (SSSR count). The van der Waals surface area contributed by atoms with Gasteiger partial charge in [0, 0.05) is 35.8 Å². The number of para-hydroxylation sites is 1. The Morgan fingerprint density at radius 1 is 1.44 bits per heavy atom. The molecule has 1 atom stereocenters. The molecule has 1 fully saturated rings. The molecular formula is C17H20N4O2S2. The number of likely N-dealkylation sites (tertiary alicyclic amines) is 1. The molecule has 0 aliphatic carbocycles. The van der Waals surface area contributed by atoms with Crippen LogP contribution in [0.4, 0.5) is 5.69 Å². The van der Waals surface area contributed by atoms with E-state index in [0.29, 0.717) is 13.0 Å². The van der Waals surface area contributed by atoms with Crippen molar-refractivity contribution >= 4 is 37.8 Å². The Morgan fingerprint density at radius 3 is 3.00 bits per heavy atom. The van der Waals surface area contributed by atoms with Gasteiger partial charge in [-0.3, -0.25) is 4.90 Å². The lowest BCUT2D eigenvalue weighted by molar-refractivity contribution is 0.334. The van der Waals surface area contributed by atoms with Crippen molar-refractivity contribution in [2.24, 2.45) is 0 Å². The molecule has 0 amide bonds. The lowest BCUT2D eigenvalue weighted by Crippen LogP contribution is -2.25. The first-order valence-electron chi connectivity index (χ1n) is 8.13. The Hall–Kier alpha value is -1.90. The highest BCUT2D eigenvalue weighted by Gasteiger charge is 2.30. The number of anilines is 1. The average molecular weight is 377 g/mol. The van der Waals surface area contributed by atoms with Gasteiger partial charge in [-0.1, -0.05) is 12.1 Å². The van der Waals surface area contributed by atoms with Crippen LogP contribution in [0, 0.1) is 0 Å². The smallest absolute Gasteiger partial charge is 0.151 e. The molecule has 0 radical (unpaired) electrons. The van der Waals surface area contributed by atoms with Gasteiger partial charge < -0.3 is 10.7 Å². The number of sulfone groups is 1. The molecule has 0 bridgehead atoms. The van der Waals surface area contributed by atoms with E-state index in [4.69, 9.17) is 5.73 Å². The number of nitrogens with zero attached hydrogens (tertiary/aromatic N) is 2. The van der Waals surface area contributed by atoms with Crippen LogP contribution in [0.5, 0.6) is 0 Å². The van der Waals surface area contributed by atoms with Gasteiger partial charge in [0.25, 0.3) is 0 Å². The molecule has 6 nitrogen and oxygen atoms in total. The molecular weight excluding hydrogens is 356 g/mol. The van der Waals surface area contributed by atoms with E-state index in [1.54, 1.807) is 11.3 Å². The Balaban J connectivity index is 1.51. The fourth-order valence-corrected chi connectivity index (χ4v) is 5.25. The zero-order valence-electron chi connectivity index (χ0n) is 13.9. The highest BCUT2D eigenvalue weighted by molar-refractivity contribution is 7.91. The Bertz CT molecular complexity index is 1020. The minimum atomic E-state index is -2.96. The summed E-state index contributed by atoms with van der Waals surface area (Å²) in [6.45, 7) is 2.16. The van der Waals surface area contributed by atoms with Gasteiger partial charge >= 0.3 is 0 Å². The van der Waals surface area contributed by atoms with Gasteiger partial charge in [0.15, 0.2) is 9.84 Å². The predicted molar refractivity (Wildman–Crippen MR) is 102 cm³/mol. The highest BCUT2D eigenvalue weighted by atomic mass is 32.2. The number of thiazole rings is 1. The normalized spacial score (nSPS) is 19.0. The second kappa shape index (κ2) is 6.12. The van der Waals surface area contributed by atoms with E-state index in [0.717, 1.165) is 45.3 Å². The first kappa shape index (κ1) is 16.6. The number of nitrogens with one attached hydrogen (secondary N) is 1. The van der Waals surface area contributed by atoms with Crippen LogP contribution in [-0.4, -0.2) is 47.9 Å². The molecule has 3 heterocycles. The second-order valence-corrected chi connectivity index (χ2v) is 10.0. The summed E-state index contributed by atoms with van der Waals surface area (Å²) in [7, 11) is -2.96. The number of fused-ring (bicyclic) bond motifs is 1. The predicted octanol–water partition coefficient (Wildman–Crippen LogP) is 2.49. The molecule has 1 aliphatic rings. The van der Waals surface area contributed by atoms with Crippen LogP contribution in [-0.2, 0) is 16.4 Å². The Kier molecular flexibility index (Phi) is 4.05. The molecule has 1 aliphatic heterocycles. The first-order valence-corrected chi connectivity index (χ1v) is 10.9. The van der Waals surface area contributed by atoms with E-state index in [9.17, 15) is 8.42 Å². The summed E-state index contributed by atoms with van der Waals surface area (Å²) in [5.74, 6) is 0. The number of hydrogen-bond donors (Lipinski definition) is 2. The van der Waals surface area contributed by atoms with E-state index in [1.807, 2.05) is 24.4 Å². The van der Waals surface area contributed by atoms with Gasteiger partial charge in [-0.2, -0.15) is 0 Å². The summed E-state index contributed by atoms with van der Waals surface area (Å²) >= 11 is 1.63.